The van der Waals surface area contributed by atoms with E-state index in [0.29, 0.717) is 40.0 Å². The topological polar surface area (TPSA) is 106 Å². The first-order valence-electron chi connectivity index (χ1n) is 8.96. The van der Waals surface area contributed by atoms with Crippen LogP contribution in [0.3, 0.4) is 0 Å². The van der Waals surface area contributed by atoms with Crippen molar-refractivity contribution < 1.29 is 14.5 Å². The Morgan fingerprint density at radius 1 is 1.28 bits per heavy atom. The van der Waals surface area contributed by atoms with Gasteiger partial charge in [-0.3, -0.25) is 14.9 Å². The molecule has 0 spiro atoms. The molecule has 2 aromatic rings. The molecule has 2 aromatic carbocycles. The van der Waals surface area contributed by atoms with E-state index in [9.17, 15) is 14.9 Å². The van der Waals surface area contributed by atoms with Crippen LogP contribution in [0.5, 0.6) is 5.75 Å². The van der Waals surface area contributed by atoms with Crippen LogP contribution in [0.25, 0.3) is 0 Å². The minimum absolute atomic E-state index is 0.0577. The monoisotopic (exact) mass is 412 g/mol. The molecule has 1 heterocycles. The van der Waals surface area contributed by atoms with Crippen molar-refractivity contribution in [2.24, 2.45) is 0 Å². The van der Waals surface area contributed by atoms with E-state index in [0.717, 1.165) is 0 Å². The molecule has 0 bridgehead atoms. The highest BCUT2D eigenvalue weighted by atomic mass is 32.1. The highest BCUT2D eigenvalue weighted by Crippen LogP contribution is 2.30. The number of nitro benzene ring substituents is 1. The zero-order chi connectivity index (χ0) is 21.0. The van der Waals surface area contributed by atoms with Gasteiger partial charge in [0.1, 0.15) is 5.75 Å². The summed E-state index contributed by atoms with van der Waals surface area (Å²) in [6.07, 6.45) is 0. The summed E-state index contributed by atoms with van der Waals surface area (Å²) < 4.78 is 5.41. The number of non-ortho nitro benzene ring substituents is 1. The first-order chi connectivity index (χ1) is 13.9. The second kappa shape index (κ2) is 8.70. The van der Waals surface area contributed by atoms with Crippen LogP contribution >= 0.6 is 12.2 Å². The standard InChI is InChI=1S/C20H20N4O4S/c1-3-28-16-9-7-14(8-10-16)22-19(25)17-12(2)21-20(29)23-18(17)13-5-4-6-15(11-13)24(26)27/h4-11,18H,3H2,1-2H3,(H,22,25)(H2,21,23,29)/t18-/m1/s1. The molecular formula is C20H20N4O4S. The van der Waals surface area contributed by atoms with Crippen LogP contribution in [-0.4, -0.2) is 22.5 Å². The van der Waals surface area contributed by atoms with Gasteiger partial charge < -0.3 is 20.7 Å². The number of anilines is 1. The molecule has 0 radical (unpaired) electrons. The lowest BCUT2D eigenvalue weighted by molar-refractivity contribution is -0.384. The Hall–Kier alpha value is -3.46. The number of allylic oxidation sites excluding steroid dienone is 1. The second-order valence-electron chi connectivity index (χ2n) is 6.33. The number of thiocarbonyl (C=S) groups is 1. The van der Waals surface area contributed by atoms with E-state index in [-0.39, 0.29) is 11.6 Å². The molecule has 0 aliphatic carbocycles. The molecule has 0 fully saturated rings. The van der Waals surface area contributed by atoms with Crippen LogP contribution in [0, 0.1) is 10.1 Å². The minimum Gasteiger partial charge on any atom is -0.494 e. The molecule has 0 unspecified atom stereocenters. The van der Waals surface area contributed by atoms with Gasteiger partial charge in [-0.25, -0.2) is 0 Å². The Bertz CT molecular complexity index is 988. The van der Waals surface area contributed by atoms with Crippen molar-refractivity contribution in [1.82, 2.24) is 10.6 Å². The van der Waals surface area contributed by atoms with E-state index in [1.165, 1.54) is 12.1 Å². The predicted octanol–water partition coefficient (Wildman–Crippen LogP) is 3.43. The zero-order valence-corrected chi connectivity index (χ0v) is 16.7. The van der Waals surface area contributed by atoms with Gasteiger partial charge in [0.2, 0.25) is 0 Å². The number of benzene rings is 2. The normalized spacial score (nSPS) is 15.9. The quantitative estimate of drug-likeness (QED) is 0.379. The third-order valence-corrected chi connectivity index (χ3v) is 4.57. The Kier molecular flexibility index (Phi) is 6.08. The Labute approximate surface area is 173 Å². The summed E-state index contributed by atoms with van der Waals surface area (Å²) >= 11 is 5.22. The highest BCUT2D eigenvalue weighted by molar-refractivity contribution is 7.80. The van der Waals surface area contributed by atoms with Gasteiger partial charge in [-0.05, 0) is 55.9 Å². The van der Waals surface area contributed by atoms with Crippen molar-refractivity contribution in [2.45, 2.75) is 19.9 Å². The van der Waals surface area contributed by atoms with Crippen molar-refractivity contribution in [3.8, 4) is 5.75 Å². The van der Waals surface area contributed by atoms with Crippen molar-refractivity contribution in [3.05, 3.63) is 75.5 Å². The fourth-order valence-corrected chi connectivity index (χ4v) is 3.33. The highest BCUT2D eigenvalue weighted by Gasteiger charge is 2.30. The van der Waals surface area contributed by atoms with Crippen LogP contribution in [0.4, 0.5) is 11.4 Å². The number of amides is 1. The number of rotatable bonds is 6. The van der Waals surface area contributed by atoms with Crippen molar-refractivity contribution >= 4 is 34.6 Å². The number of nitrogens with zero attached hydrogens (tertiary/aromatic N) is 1. The van der Waals surface area contributed by atoms with Crippen LogP contribution in [0.2, 0.25) is 0 Å². The molecule has 3 N–H and O–H groups in total. The molecule has 1 aliphatic heterocycles. The summed E-state index contributed by atoms with van der Waals surface area (Å²) in [5.74, 6) is 0.368. The molecule has 1 atom stereocenters. The van der Waals surface area contributed by atoms with Gasteiger partial charge in [-0.2, -0.15) is 0 Å². The lowest BCUT2D eigenvalue weighted by atomic mass is 9.94. The predicted molar refractivity (Wildman–Crippen MR) is 114 cm³/mol. The lowest BCUT2D eigenvalue weighted by Gasteiger charge is -2.30. The molecule has 8 nitrogen and oxygen atoms in total. The van der Waals surface area contributed by atoms with E-state index in [1.54, 1.807) is 43.3 Å². The van der Waals surface area contributed by atoms with Gasteiger partial charge in [0.15, 0.2) is 5.11 Å². The van der Waals surface area contributed by atoms with Gasteiger partial charge in [0.05, 0.1) is 23.1 Å². The summed E-state index contributed by atoms with van der Waals surface area (Å²) in [5, 5.41) is 20.3. The third-order valence-electron chi connectivity index (χ3n) is 4.35. The third kappa shape index (κ3) is 4.69. The van der Waals surface area contributed by atoms with Crippen molar-refractivity contribution in [2.75, 3.05) is 11.9 Å². The second-order valence-corrected chi connectivity index (χ2v) is 6.74. The van der Waals surface area contributed by atoms with Gasteiger partial charge in [-0.1, -0.05) is 12.1 Å². The van der Waals surface area contributed by atoms with Gasteiger partial charge in [0.25, 0.3) is 11.6 Å². The van der Waals surface area contributed by atoms with Crippen LogP contribution < -0.4 is 20.7 Å². The summed E-state index contributed by atoms with van der Waals surface area (Å²) in [4.78, 5) is 23.7. The molecule has 3 rings (SSSR count). The molecular weight excluding hydrogens is 392 g/mol. The zero-order valence-electron chi connectivity index (χ0n) is 15.9. The molecule has 150 valence electrons. The average Bonchev–Trinajstić information content (AvgIpc) is 2.69. The lowest BCUT2D eigenvalue weighted by Crippen LogP contribution is -2.45. The molecule has 0 saturated carbocycles. The molecule has 1 aliphatic rings. The number of hydrogen-bond donors (Lipinski definition) is 3. The minimum atomic E-state index is -0.619. The van der Waals surface area contributed by atoms with Gasteiger partial charge in [0, 0.05) is 23.5 Å². The van der Waals surface area contributed by atoms with E-state index >= 15 is 0 Å². The van der Waals surface area contributed by atoms with Gasteiger partial charge in [-0.15, -0.1) is 0 Å². The Balaban J connectivity index is 1.90. The van der Waals surface area contributed by atoms with Crippen molar-refractivity contribution in [3.63, 3.8) is 0 Å². The first kappa shape index (κ1) is 20.3. The van der Waals surface area contributed by atoms with E-state index < -0.39 is 11.0 Å². The van der Waals surface area contributed by atoms with E-state index in [1.807, 2.05) is 6.92 Å². The number of carbonyl (C=O) groups is 1. The Morgan fingerprint density at radius 3 is 2.66 bits per heavy atom. The maximum absolute atomic E-state index is 13.0. The maximum atomic E-state index is 13.0. The van der Waals surface area contributed by atoms with Crippen LogP contribution in [-0.2, 0) is 4.79 Å². The number of ether oxygens (including phenoxy) is 1. The fraction of sp³-hybridized carbons (Fsp3) is 0.200. The molecule has 0 saturated heterocycles. The summed E-state index contributed by atoms with van der Waals surface area (Å²) in [5.41, 5.74) is 2.09. The SMILES string of the molecule is CCOc1ccc(NC(=O)C2=C(C)NC(=S)N[C@@H]2c2cccc([N+](=O)[O-])c2)cc1. The van der Waals surface area contributed by atoms with Crippen LogP contribution in [0.15, 0.2) is 59.8 Å². The molecule has 1 amide bonds. The number of nitrogens with one attached hydrogen (secondary N) is 3. The molecule has 9 heteroatoms. The smallest absolute Gasteiger partial charge is 0.269 e. The van der Waals surface area contributed by atoms with Crippen LogP contribution in [0.1, 0.15) is 25.5 Å². The number of carbonyl (C=O) groups excluding carboxylic acids is 1. The first-order valence-corrected chi connectivity index (χ1v) is 9.36. The van der Waals surface area contributed by atoms with E-state index in [4.69, 9.17) is 17.0 Å². The summed E-state index contributed by atoms with van der Waals surface area (Å²) in [7, 11) is 0. The largest absolute Gasteiger partial charge is 0.494 e. The summed E-state index contributed by atoms with van der Waals surface area (Å²) in [6, 6.07) is 12.5. The fourth-order valence-electron chi connectivity index (χ4n) is 3.06. The number of hydrogen-bond acceptors (Lipinski definition) is 5. The van der Waals surface area contributed by atoms with Gasteiger partial charge >= 0.3 is 0 Å². The van der Waals surface area contributed by atoms with E-state index in [2.05, 4.69) is 16.0 Å². The maximum Gasteiger partial charge on any atom is 0.269 e. The molecule has 29 heavy (non-hydrogen) atoms. The Morgan fingerprint density at radius 2 is 2.00 bits per heavy atom. The summed E-state index contributed by atoms with van der Waals surface area (Å²) in [6.45, 7) is 4.19. The van der Waals surface area contributed by atoms with Crippen molar-refractivity contribution in [1.29, 1.82) is 0 Å². The molecule has 0 aromatic heterocycles. The average molecular weight is 412 g/mol. The number of nitro groups is 1.